The molecule has 0 radical (unpaired) electrons. The Balaban J connectivity index is 1.56. The van der Waals surface area contributed by atoms with Gasteiger partial charge in [0.1, 0.15) is 5.75 Å². The van der Waals surface area contributed by atoms with Crippen LogP contribution in [0.3, 0.4) is 0 Å². The molecule has 5 nitrogen and oxygen atoms in total. The number of aromatic nitrogens is 1. The highest BCUT2D eigenvalue weighted by molar-refractivity contribution is 6.01. The number of nitrogens with zero attached hydrogens (tertiary/aromatic N) is 2. The molecule has 4 rings (SSSR count). The molecule has 1 aromatic heterocycles. The van der Waals surface area contributed by atoms with E-state index in [9.17, 15) is 4.79 Å². The number of benzene rings is 2. The van der Waals surface area contributed by atoms with Crippen LogP contribution in [0.5, 0.6) is 5.75 Å². The molecule has 3 aromatic rings. The van der Waals surface area contributed by atoms with Gasteiger partial charge in [0, 0.05) is 29.7 Å². The number of methoxy groups -OCH3 is 1. The largest absolute Gasteiger partial charge is 0.497 e. The maximum Gasteiger partial charge on any atom is 0.322 e. The normalized spacial score (nSPS) is 16.7. The van der Waals surface area contributed by atoms with Crippen LogP contribution in [-0.4, -0.2) is 29.6 Å². The van der Waals surface area contributed by atoms with Crippen LogP contribution in [0.2, 0.25) is 0 Å². The summed E-state index contributed by atoms with van der Waals surface area (Å²) in [5, 5.41) is 5.09. The van der Waals surface area contributed by atoms with Crippen LogP contribution in [0, 0.1) is 0 Å². The smallest absolute Gasteiger partial charge is 0.322 e. The van der Waals surface area contributed by atoms with E-state index >= 15 is 0 Å². The molecule has 1 aliphatic rings. The number of rotatable bonds is 3. The van der Waals surface area contributed by atoms with Crippen molar-refractivity contribution in [2.75, 3.05) is 19.0 Å². The van der Waals surface area contributed by atoms with Crippen molar-refractivity contribution in [3.05, 3.63) is 66.5 Å². The molecule has 0 bridgehead atoms. The molecular weight excluding hydrogens is 326 g/mol. The topological polar surface area (TPSA) is 54.5 Å². The SMILES string of the molecule is COc1ccc(C2CCCN2C(=O)Nc2cccc3cnccc23)cc1. The molecular formula is C21H21N3O2. The molecule has 0 aliphatic carbocycles. The minimum atomic E-state index is -0.0624. The first-order valence-electron chi connectivity index (χ1n) is 8.80. The molecule has 2 aromatic carbocycles. The third-order valence-corrected chi connectivity index (χ3v) is 4.94. The summed E-state index contributed by atoms with van der Waals surface area (Å²) in [4.78, 5) is 19.0. The number of carbonyl (C=O) groups excluding carboxylic acids is 1. The van der Waals surface area contributed by atoms with Gasteiger partial charge in [0.2, 0.25) is 0 Å². The zero-order chi connectivity index (χ0) is 17.9. The Labute approximate surface area is 152 Å². The summed E-state index contributed by atoms with van der Waals surface area (Å²) in [6.45, 7) is 0.759. The Morgan fingerprint density at radius 2 is 2.04 bits per heavy atom. The molecule has 26 heavy (non-hydrogen) atoms. The molecule has 1 fully saturated rings. The maximum atomic E-state index is 12.9. The van der Waals surface area contributed by atoms with Crippen molar-refractivity contribution >= 4 is 22.5 Å². The Bertz CT molecular complexity index is 919. The van der Waals surface area contributed by atoms with E-state index in [4.69, 9.17) is 4.74 Å². The molecule has 1 N–H and O–H groups in total. The van der Waals surface area contributed by atoms with Crippen molar-refractivity contribution in [3.8, 4) is 5.75 Å². The Kier molecular flexibility index (Phi) is 4.44. The van der Waals surface area contributed by atoms with Gasteiger partial charge >= 0.3 is 6.03 Å². The van der Waals surface area contributed by atoms with Crippen molar-refractivity contribution in [2.24, 2.45) is 0 Å². The lowest BCUT2D eigenvalue weighted by Crippen LogP contribution is -2.34. The Hall–Kier alpha value is -3.08. The average Bonchev–Trinajstić information content (AvgIpc) is 3.18. The molecule has 2 heterocycles. The summed E-state index contributed by atoms with van der Waals surface area (Å²) in [6.07, 6.45) is 5.53. The average molecular weight is 347 g/mol. The van der Waals surface area contributed by atoms with Crippen molar-refractivity contribution in [1.29, 1.82) is 0 Å². The van der Waals surface area contributed by atoms with E-state index in [1.54, 1.807) is 19.5 Å². The number of amides is 2. The van der Waals surface area contributed by atoms with E-state index < -0.39 is 0 Å². The molecule has 1 saturated heterocycles. The highest BCUT2D eigenvalue weighted by Gasteiger charge is 2.30. The van der Waals surface area contributed by atoms with Crippen molar-refractivity contribution in [1.82, 2.24) is 9.88 Å². The summed E-state index contributed by atoms with van der Waals surface area (Å²) in [6, 6.07) is 15.8. The molecule has 132 valence electrons. The van der Waals surface area contributed by atoms with Gasteiger partial charge in [-0.15, -0.1) is 0 Å². The van der Waals surface area contributed by atoms with Gasteiger partial charge in [-0.05, 0) is 42.7 Å². The van der Waals surface area contributed by atoms with Crippen LogP contribution in [0.1, 0.15) is 24.4 Å². The molecule has 1 atom stereocenters. The lowest BCUT2D eigenvalue weighted by molar-refractivity contribution is 0.207. The highest BCUT2D eigenvalue weighted by atomic mass is 16.5. The van der Waals surface area contributed by atoms with Crippen LogP contribution in [-0.2, 0) is 0 Å². The molecule has 0 spiro atoms. The van der Waals surface area contributed by atoms with Crippen LogP contribution in [0.25, 0.3) is 10.8 Å². The highest BCUT2D eigenvalue weighted by Crippen LogP contribution is 2.33. The fourth-order valence-electron chi connectivity index (χ4n) is 3.60. The molecule has 5 heteroatoms. The van der Waals surface area contributed by atoms with E-state index in [-0.39, 0.29) is 12.1 Å². The van der Waals surface area contributed by atoms with E-state index in [0.717, 1.165) is 47.2 Å². The first kappa shape index (κ1) is 16.4. The number of likely N-dealkylation sites (tertiary alicyclic amines) is 1. The van der Waals surface area contributed by atoms with Gasteiger partial charge in [-0.2, -0.15) is 0 Å². The van der Waals surface area contributed by atoms with Crippen LogP contribution < -0.4 is 10.1 Å². The number of hydrogen-bond acceptors (Lipinski definition) is 3. The summed E-state index contributed by atoms with van der Waals surface area (Å²) < 4.78 is 5.23. The standard InChI is InChI=1S/C21H21N3O2/c1-26-17-9-7-15(8-10-17)20-6-3-13-24(20)21(25)23-19-5-2-4-16-14-22-12-11-18(16)19/h2,4-5,7-12,14,20H,3,6,13H2,1H3,(H,23,25). The lowest BCUT2D eigenvalue weighted by atomic mass is 10.0. The summed E-state index contributed by atoms with van der Waals surface area (Å²) in [5.74, 6) is 0.826. The van der Waals surface area contributed by atoms with Gasteiger partial charge in [-0.3, -0.25) is 4.98 Å². The number of fused-ring (bicyclic) bond motifs is 1. The lowest BCUT2D eigenvalue weighted by Gasteiger charge is -2.25. The predicted molar refractivity (Wildman–Crippen MR) is 102 cm³/mol. The Morgan fingerprint density at radius 1 is 1.19 bits per heavy atom. The quantitative estimate of drug-likeness (QED) is 0.752. The van der Waals surface area contributed by atoms with Gasteiger partial charge in [0.05, 0.1) is 18.8 Å². The number of urea groups is 1. The summed E-state index contributed by atoms with van der Waals surface area (Å²) in [7, 11) is 1.66. The molecule has 1 aliphatic heterocycles. The zero-order valence-electron chi connectivity index (χ0n) is 14.7. The summed E-state index contributed by atoms with van der Waals surface area (Å²) in [5.41, 5.74) is 1.95. The monoisotopic (exact) mass is 347 g/mol. The van der Waals surface area contributed by atoms with Gasteiger partial charge < -0.3 is 15.0 Å². The second kappa shape index (κ2) is 7.04. The van der Waals surface area contributed by atoms with Gasteiger partial charge in [-0.25, -0.2) is 4.79 Å². The number of carbonyl (C=O) groups is 1. The fourth-order valence-corrected chi connectivity index (χ4v) is 3.60. The first-order valence-corrected chi connectivity index (χ1v) is 8.80. The molecule has 0 saturated carbocycles. The third-order valence-electron chi connectivity index (χ3n) is 4.94. The van der Waals surface area contributed by atoms with Crippen molar-refractivity contribution in [2.45, 2.75) is 18.9 Å². The fraction of sp³-hybridized carbons (Fsp3) is 0.238. The van der Waals surface area contributed by atoms with Gasteiger partial charge in [0.25, 0.3) is 0 Å². The predicted octanol–water partition coefficient (Wildman–Crippen LogP) is 4.61. The van der Waals surface area contributed by atoms with Crippen LogP contribution in [0.4, 0.5) is 10.5 Å². The zero-order valence-corrected chi connectivity index (χ0v) is 14.7. The minimum absolute atomic E-state index is 0.0624. The number of pyridine rings is 1. The van der Waals surface area contributed by atoms with Gasteiger partial charge in [-0.1, -0.05) is 24.3 Å². The second-order valence-corrected chi connectivity index (χ2v) is 6.46. The first-order chi connectivity index (χ1) is 12.8. The Morgan fingerprint density at radius 3 is 2.85 bits per heavy atom. The number of anilines is 1. The number of hydrogen-bond donors (Lipinski definition) is 1. The van der Waals surface area contributed by atoms with Crippen molar-refractivity contribution in [3.63, 3.8) is 0 Å². The number of ether oxygens (including phenoxy) is 1. The van der Waals surface area contributed by atoms with Crippen LogP contribution >= 0.6 is 0 Å². The maximum absolute atomic E-state index is 12.9. The van der Waals surface area contributed by atoms with E-state index in [1.165, 1.54) is 0 Å². The van der Waals surface area contributed by atoms with Crippen LogP contribution in [0.15, 0.2) is 60.9 Å². The third kappa shape index (κ3) is 3.08. The molecule has 2 amide bonds. The van der Waals surface area contributed by atoms with E-state index in [1.807, 2.05) is 53.4 Å². The summed E-state index contributed by atoms with van der Waals surface area (Å²) >= 11 is 0. The van der Waals surface area contributed by atoms with E-state index in [2.05, 4.69) is 10.3 Å². The minimum Gasteiger partial charge on any atom is -0.497 e. The van der Waals surface area contributed by atoms with E-state index in [0.29, 0.717) is 0 Å². The van der Waals surface area contributed by atoms with Gasteiger partial charge in [0.15, 0.2) is 0 Å². The second-order valence-electron chi connectivity index (χ2n) is 6.46. The van der Waals surface area contributed by atoms with Crippen molar-refractivity contribution < 1.29 is 9.53 Å². The molecule has 1 unspecified atom stereocenters. The number of nitrogens with one attached hydrogen (secondary N) is 1.